The predicted octanol–water partition coefficient (Wildman–Crippen LogP) is 3.04. The maximum absolute atomic E-state index is 12.4. The van der Waals surface area contributed by atoms with Crippen LogP contribution in [0.2, 0.25) is 0 Å². The summed E-state index contributed by atoms with van der Waals surface area (Å²) in [6, 6.07) is 7.06. The number of halogens is 4. The Hall–Kier alpha value is -1.57. The molecular weight excluding hydrogens is 377 g/mol. The third kappa shape index (κ3) is 4.95. The number of rotatable bonds is 4. The van der Waals surface area contributed by atoms with Gasteiger partial charge in [-0.25, -0.2) is 0 Å². The van der Waals surface area contributed by atoms with Crippen LogP contribution in [0.4, 0.5) is 13.2 Å². The summed E-state index contributed by atoms with van der Waals surface area (Å²) in [4.78, 5) is 24.5. The number of carbonyl (C=O) groups is 2. The minimum atomic E-state index is -4.45. The Balaban J connectivity index is 1.93. The van der Waals surface area contributed by atoms with Crippen LogP contribution < -0.4 is 5.32 Å². The lowest BCUT2D eigenvalue weighted by Gasteiger charge is -2.19. The van der Waals surface area contributed by atoms with Gasteiger partial charge in [0.2, 0.25) is 11.8 Å². The van der Waals surface area contributed by atoms with E-state index in [4.69, 9.17) is 0 Å². The highest BCUT2D eigenvalue weighted by molar-refractivity contribution is 9.10. The van der Waals surface area contributed by atoms with Crippen molar-refractivity contribution in [2.45, 2.75) is 25.6 Å². The summed E-state index contributed by atoms with van der Waals surface area (Å²) in [5.41, 5.74) is 0.873. The first-order valence-electron chi connectivity index (χ1n) is 7.06. The van der Waals surface area contributed by atoms with Crippen LogP contribution in [-0.2, 0) is 9.59 Å². The Kier molecular flexibility index (Phi) is 5.33. The number of likely N-dealkylation sites (tertiary alicyclic amines) is 1. The molecule has 0 aliphatic carbocycles. The van der Waals surface area contributed by atoms with E-state index >= 15 is 0 Å². The lowest BCUT2D eigenvalue weighted by Crippen LogP contribution is -2.37. The fourth-order valence-electron chi connectivity index (χ4n) is 2.48. The summed E-state index contributed by atoms with van der Waals surface area (Å²) in [5.74, 6) is -1.79. The molecule has 1 fully saturated rings. The smallest absolute Gasteiger partial charge is 0.349 e. The van der Waals surface area contributed by atoms with E-state index in [0.717, 1.165) is 10.0 Å². The topological polar surface area (TPSA) is 49.4 Å². The molecule has 0 saturated carbocycles. The van der Waals surface area contributed by atoms with Crippen LogP contribution in [0.25, 0.3) is 0 Å². The lowest BCUT2D eigenvalue weighted by atomic mass is 10.1. The highest BCUT2D eigenvalue weighted by Crippen LogP contribution is 2.25. The van der Waals surface area contributed by atoms with Crippen molar-refractivity contribution >= 4 is 27.7 Å². The molecule has 1 heterocycles. The van der Waals surface area contributed by atoms with E-state index in [2.05, 4.69) is 21.2 Å². The number of hydrogen-bond acceptors (Lipinski definition) is 2. The second-order valence-corrected chi connectivity index (χ2v) is 6.49. The van der Waals surface area contributed by atoms with Gasteiger partial charge in [-0.1, -0.05) is 28.1 Å². The van der Waals surface area contributed by atoms with Crippen molar-refractivity contribution in [3.8, 4) is 0 Å². The average Bonchev–Trinajstić information content (AvgIpc) is 2.79. The minimum Gasteiger partial charge on any atom is -0.349 e. The van der Waals surface area contributed by atoms with Crippen LogP contribution in [0.5, 0.6) is 0 Å². The van der Waals surface area contributed by atoms with Gasteiger partial charge in [0, 0.05) is 17.4 Å². The summed E-state index contributed by atoms with van der Waals surface area (Å²) >= 11 is 3.31. The molecule has 2 amide bonds. The van der Waals surface area contributed by atoms with E-state index < -0.39 is 30.5 Å². The first kappa shape index (κ1) is 17.8. The summed E-state index contributed by atoms with van der Waals surface area (Å²) in [5, 5.41) is 2.75. The van der Waals surface area contributed by atoms with Gasteiger partial charge in [-0.2, -0.15) is 13.2 Å². The van der Waals surface area contributed by atoms with Crippen LogP contribution in [0.3, 0.4) is 0 Å². The maximum atomic E-state index is 12.4. The Morgan fingerprint density at radius 1 is 1.39 bits per heavy atom. The predicted molar refractivity (Wildman–Crippen MR) is 81.4 cm³/mol. The van der Waals surface area contributed by atoms with Gasteiger partial charge in [0.1, 0.15) is 6.54 Å². The number of hydrogen-bond donors (Lipinski definition) is 1. The summed E-state index contributed by atoms with van der Waals surface area (Å²) < 4.78 is 38.0. The molecule has 0 spiro atoms. The molecule has 0 radical (unpaired) electrons. The number of benzene rings is 1. The summed E-state index contributed by atoms with van der Waals surface area (Å²) in [6.45, 7) is 0.278. The molecular formula is C15H16BrF3N2O2. The zero-order valence-electron chi connectivity index (χ0n) is 12.4. The van der Waals surface area contributed by atoms with Crippen molar-refractivity contribution in [2.75, 3.05) is 13.1 Å². The van der Waals surface area contributed by atoms with Gasteiger partial charge < -0.3 is 10.2 Å². The quantitative estimate of drug-likeness (QED) is 0.855. The van der Waals surface area contributed by atoms with Gasteiger partial charge in [0.25, 0.3) is 0 Å². The SMILES string of the molecule is C[C@H](NC(=O)[C@H]1CC(=O)N(CC(F)(F)F)C1)c1ccc(Br)cc1. The molecule has 8 heteroatoms. The first-order chi connectivity index (χ1) is 10.7. The minimum absolute atomic E-state index is 0.186. The van der Waals surface area contributed by atoms with Crippen LogP contribution >= 0.6 is 15.9 Å². The second-order valence-electron chi connectivity index (χ2n) is 5.57. The Morgan fingerprint density at radius 3 is 2.57 bits per heavy atom. The lowest BCUT2D eigenvalue weighted by molar-refractivity contribution is -0.157. The van der Waals surface area contributed by atoms with Crippen LogP contribution in [0.15, 0.2) is 28.7 Å². The number of amides is 2. The number of nitrogens with one attached hydrogen (secondary N) is 1. The molecule has 2 rings (SSSR count). The molecule has 23 heavy (non-hydrogen) atoms. The van der Waals surface area contributed by atoms with E-state index in [9.17, 15) is 22.8 Å². The monoisotopic (exact) mass is 392 g/mol. The van der Waals surface area contributed by atoms with E-state index in [0.29, 0.717) is 4.90 Å². The van der Waals surface area contributed by atoms with Gasteiger partial charge in [-0.15, -0.1) is 0 Å². The molecule has 0 bridgehead atoms. The molecule has 126 valence electrons. The molecule has 1 aliphatic heterocycles. The Morgan fingerprint density at radius 2 is 2.00 bits per heavy atom. The van der Waals surface area contributed by atoms with Gasteiger partial charge in [-0.05, 0) is 24.6 Å². The number of alkyl halides is 3. The maximum Gasteiger partial charge on any atom is 0.406 e. The van der Waals surface area contributed by atoms with Gasteiger partial charge >= 0.3 is 6.18 Å². The molecule has 0 unspecified atom stereocenters. The molecule has 1 aromatic carbocycles. The van der Waals surface area contributed by atoms with Crippen molar-refractivity contribution in [2.24, 2.45) is 5.92 Å². The third-order valence-electron chi connectivity index (χ3n) is 3.68. The van der Waals surface area contributed by atoms with Crippen LogP contribution in [0, 0.1) is 5.92 Å². The fourth-order valence-corrected chi connectivity index (χ4v) is 2.75. The highest BCUT2D eigenvalue weighted by Gasteiger charge is 2.40. The molecule has 0 aromatic heterocycles. The standard InChI is InChI=1S/C15H16BrF3N2O2/c1-9(10-2-4-12(16)5-3-10)20-14(23)11-6-13(22)21(7-11)8-15(17,18)19/h2-5,9,11H,6-8H2,1H3,(H,20,23)/t9-,11-/m0/s1. The molecule has 1 N–H and O–H groups in total. The number of carbonyl (C=O) groups excluding carboxylic acids is 2. The zero-order valence-corrected chi connectivity index (χ0v) is 13.9. The van der Waals surface area contributed by atoms with Gasteiger partial charge in [0.05, 0.1) is 12.0 Å². The number of nitrogens with zero attached hydrogens (tertiary/aromatic N) is 1. The van der Waals surface area contributed by atoms with Crippen molar-refractivity contribution in [1.82, 2.24) is 10.2 Å². The molecule has 2 atom stereocenters. The van der Waals surface area contributed by atoms with E-state index in [1.807, 2.05) is 24.3 Å². The van der Waals surface area contributed by atoms with Crippen molar-refractivity contribution in [3.05, 3.63) is 34.3 Å². The largest absolute Gasteiger partial charge is 0.406 e. The van der Waals surface area contributed by atoms with E-state index in [1.165, 1.54) is 0 Å². The summed E-state index contributed by atoms with van der Waals surface area (Å²) in [7, 11) is 0. The molecule has 1 saturated heterocycles. The normalized spacial score (nSPS) is 19.8. The second kappa shape index (κ2) is 6.90. The van der Waals surface area contributed by atoms with Crippen molar-refractivity contribution in [1.29, 1.82) is 0 Å². The third-order valence-corrected chi connectivity index (χ3v) is 4.21. The molecule has 1 aromatic rings. The fraction of sp³-hybridized carbons (Fsp3) is 0.467. The average molecular weight is 393 g/mol. The van der Waals surface area contributed by atoms with Gasteiger partial charge in [0.15, 0.2) is 0 Å². The highest BCUT2D eigenvalue weighted by atomic mass is 79.9. The zero-order chi connectivity index (χ0) is 17.2. The molecule has 4 nitrogen and oxygen atoms in total. The van der Waals surface area contributed by atoms with Crippen LogP contribution in [-0.4, -0.2) is 36.0 Å². The van der Waals surface area contributed by atoms with Crippen LogP contribution in [0.1, 0.15) is 24.9 Å². The van der Waals surface area contributed by atoms with E-state index in [1.54, 1.807) is 6.92 Å². The van der Waals surface area contributed by atoms with Crippen molar-refractivity contribution < 1.29 is 22.8 Å². The molecule has 1 aliphatic rings. The summed E-state index contributed by atoms with van der Waals surface area (Å²) in [6.07, 6.45) is -4.64. The first-order valence-corrected chi connectivity index (χ1v) is 7.85. The van der Waals surface area contributed by atoms with E-state index in [-0.39, 0.29) is 19.0 Å². The Bertz CT molecular complexity index is 589. The van der Waals surface area contributed by atoms with Gasteiger partial charge in [-0.3, -0.25) is 9.59 Å². The van der Waals surface area contributed by atoms with Crippen molar-refractivity contribution in [3.63, 3.8) is 0 Å². The Labute approximate surface area is 140 Å².